The second kappa shape index (κ2) is 8.96. The van der Waals surface area contributed by atoms with Crippen LogP contribution in [0.2, 0.25) is 10.0 Å². The van der Waals surface area contributed by atoms with E-state index in [4.69, 9.17) is 33.0 Å². The first-order valence-corrected chi connectivity index (χ1v) is 10.1. The monoisotopic (exact) mass is 405 g/mol. The Morgan fingerprint density at radius 1 is 1.11 bits per heavy atom. The van der Waals surface area contributed by atoms with Gasteiger partial charge in [-0.1, -0.05) is 43.1 Å². The van der Waals surface area contributed by atoms with Crippen LogP contribution in [-0.4, -0.2) is 36.4 Å². The molecule has 0 radical (unpaired) electrons. The summed E-state index contributed by atoms with van der Waals surface area (Å²) in [5.74, 6) is 0. The number of pyridine rings is 1. The van der Waals surface area contributed by atoms with Gasteiger partial charge in [0.05, 0.1) is 34.2 Å². The summed E-state index contributed by atoms with van der Waals surface area (Å²) in [6.07, 6.45) is 1.92. The number of aryl methyl sites for hydroxylation is 1. The fraction of sp³-hybridized carbons (Fsp3) is 0.381. The molecule has 0 spiro atoms. The van der Waals surface area contributed by atoms with Crippen molar-refractivity contribution in [2.45, 2.75) is 26.7 Å². The van der Waals surface area contributed by atoms with E-state index in [0.29, 0.717) is 16.7 Å². The Hall–Kier alpha value is -1.75. The van der Waals surface area contributed by atoms with Crippen LogP contribution in [0, 0.1) is 0 Å². The van der Waals surface area contributed by atoms with E-state index in [1.54, 1.807) is 13.2 Å². The average molecular weight is 406 g/mol. The Kier molecular flexibility index (Phi) is 6.64. The van der Waals surface area contributed by atoms with Gasteiger partial charge in [0.25, 0.3) is 0 Å². The summed E-state index contributed by atoms with van der Waals surface area (Å²) in [5, 5.41) is 6.17. The third-order valence-corrected chi connectivity index (χ3v) is 5.17. The third kappa shape index (κ3) is 4.08. The van der Waals surface area contributed by atoms with Gasteiger partial charge in [0.2, 0.25) is 0 Å². The largest absolute Gasteiger partial charge is 0.383 e. The second-order valence-corrected chi connectivity index (χ2v) is 7.30. The SMILES string of the molecule is CCCN(CCOC)c1c(CC)nn2c(-c3ccc(Cl)cc3Cl)cccc12. The number of benzene rings is 1. The van der Waals surface area contributed by atoms with Crippen molar-refractivity contribution in [2.75, 3.05) is 31.7 Å². The summed E-state index contributed by atoms with van der Waals surface area (Å²) < 4.78 is 7.32. The van der Waals surface area contributed by atoms with E-state index in [1.807, 2.05) is 22.7 Å². The zero-order chi connectivity index (χ0) is 19.4. The van der Waals surface area contributed by atoms with Gasteiger partial charge in [-0.2, -0.15) is 5.10 Å². The van der Waals surface area contributed by atoms with Crippen molar-refractivity contribution in [1.29, 1.82) is 0 Å². The van der Waals surface area contributed by atoms with Crippen LogP contribution in [0.3, 0.4) is 0 Å². The maximum atomic E-state index is 6.47. The molecule has 0 saturated heterocycles. The van der Waals surface area contributed by atoms with Gasteiger partial charge in [0.15, 0.2) is 0 Å². The lowest BCUT2D eigenvalue weighted by molar-refractivity contribution is 0.205. The zero-order valence-electron chi connectivity index (χ0n) is 16.0. The van der Waals surface area contributed by atoms with Gasteiger partial charge >= 0.3 is 0 Å². The number of halogens is 2. The Balaban J connectivity index is 2.19. The van der Waals surface area contributed by atoms with Gasteiger partial charge in [-0.25, -0.2) is 4.52 Å². The molecule has 4 nitrogen and oxygen atoms in total. The molecule has 0 saturated carbocycles. The van der Waals surface area contributed by atoms with Crippen LogP contribution in [0.25, 0.3) is 16.8 Å². The summed E-state index contributed by atoms with van der Waals surface area (Å²) in [6, 6.07) is 11.8. The number of hydrogen-bond acceptors (Lipinski definition) is 3. The Bertz CT molecular complexity index is 923. The molecule has 3 rings (SSSR count). The number of anilines is 1. The fourth-order valence-electron chi connectivity index (χ4n) is 3.39. The molecule has 0 N–H and O–H groups in total. The van der Waals surface area contributed by atoms with E-state index in [-0.39, 0.29) is 0 Å². The van der Waals surface area contributed by atoms with E-state index in [1.165, 1.54) is 5.69 Å². The van der Waals surface area contributed by atoms with Crippen LogP contribution in [0.5, 0.6) is 0 Å². The Labute approximate surface area is 170 Å². The number of nitrogens with zero attached hydrogens (tertiary/aromatic N) is 3. The molecular weight excluding hydrogens is 381 g/mol. The second-order valence-electron chi connectivity index (χ2n) is 6.46. The molecule has 27 heavy (non-hydrogen) atoms. The molecule has 2 aromatic heterocycles. The lowest BCUT2D eigenvalue weighted by Gasteiger charge is -2.24. The first-order chi connectivity index (χ1) is 13.1. The lowest BCUT2D eigenvalue weighted by Crippen LogP contribution is -2.28. The van der Waals surface area contributed by atoms with Crippen molar-refractivity contribution in [3.05, 3.63) is 52.1 Å². The van der Waals surface area contributed by atoms with E-state index < -0.39 is 0 Å². The molecule has 0 unspecified atom stereocenters. The van der Waals surface area contributed by atoms with Crippen molar-refractivity contribution in [2.24, 2.45) is 0 Å². The molecule has 0 bridgehead atoms. The number of fused-ring (bicyclic) bond motifs is 1. The van der Waals surface area contributed by atoms with Crippen molar-refractivity contribution in [3.8, 4) is 11.3 Å². The van der Waals surface area contributed by atoms with Gasteiger partial charge in [-0.15, -0.1) is 0 Å². The summed E-state index contributed by atoms with van der Waals surface area (Å²) in [6.45, 7) is 6.81. The molecule has 1 aromatic carbocycles. The highest BCUT2D eigenvalue weighted by molar-refractivity contribution is 6.36. The number of hydrogen-bond donors (Lipinski definition) is 0. The molecule has 6 heteroatoms. The average Bonchev–Trinajstić information content (AvgIpc) is 3.04. The topological polar surface area (TPSA) is 29.8 Å². The smallest absolute Gasteiger partial charge is 0.0905 e. The molecule has 0 amide bonds. The van der Waals surface area contributed by atoms with Gasteiger partial charge < -0.3 is 9.64 Å². The highest BCUT2D eigenvalue weighted by Gasteiger charge is 2.20. The van der Waals surface area contributed by atoms with E-state index in [0.717, 1.165) is 48.4 Å². The third-order valence-electron chi connectivity index (χ3n) is 4.62. The van der Waals surface area contributed by atoms with E-state index in [9.17, 15) is 0 Å². The normalized spacial score (nSPS) is 11.3. The van der Waals surface area contributed by atoms with Gasteiger partial charge in [0, 0.05) is 30.8 Å². The van der Waals surface area contributed by atoms with Crippen LogP contribution < -0.4 is 4.90 Å². The summed E-state index contributed by atoms with van der Waals surface area (Å²) in [7, 11) is 1.74. The van der Waals surface area contributed by atoms with E-state index >= 15 is 0 Å². The minimum Gasteiger partial charge on any atom is -0.383 e. The van der Waals surface area contributed by atoms with Crippen molar-refractivity contribution in [3.63, 3.8) is 0 Å². The number of rotatable bonds is 8. The highest BCUT2D eigenvalue weighted by Crippen LogP contribution is 2.34. The predicted molar refractivity (Wildman–Crippen MR) is 114 cm³/mol. The number of methoxy groups -OCH3 is 1. The van der Waals surface area contributed by atoms with Gasteiger partial charge in [-0.3, -0.25) is 0 Å². The van der Waals surface area contributed by atoms with E-state index in [2.05, 4.69) is 30.9 Å². The molecule has 0 aliphatic heterocycles. The quantitative estimate of drug-likeness (QED) is 0.478. The molecule has 0 aliphatic rings. The zero-order valence-corrected chi connectivity index (χ0v) is 17.5. The van der Waals surface area contributed by atoms with Crippen molar-refractivity contribution < 1.29 is 4.74 Å². The number of ether oxygens (including phenoxy) is 1. The lowest BCUT2D eigenvalue weighted by atomic mass is 10.1. The molecular formula is C21H25Cl2N3O. The molecule has 3 aromatic rings. The minimum absolute atomic E-state index is 0.620. The van der Waals surface area contributed by atoms with Crippen LogP contribution in [0.15, 0.2) is 36.4 Å². The Morgan fingerprint density at radius 2 is 1.93 bits per heavy atom. The first kappa shape index (κ1) is 20.0. The molecule has 144 valence electrons. The highest BCUT2D eigenvalue weighted by atomic mass is 35.5. The molecule has 0 fully saturated rings. The van der Waals surface area contributed by atoms with Crippen molar-refractivity contribution >= 4 is 34.4 Å². The maximum absolute atomic E-state index is 6.47. The first-order valence-electron chi connectivity index (χ1n) is 9.30. The molecule has 2 heterocycles. The maximum Gasteiger partial charge on any atom is 0.0905 e. The van der Waals surface area contributed by atoms with Gasteiger partial charge in [-0.05, 0) is 43.2 Å². The van der Waals surface area contributed by atoms with Crippen LogP contribution >= 0.6 is 23.2 Å². The van der Waals surface area contributed by atoms with Crippen LogP contribution in [-0.2, 0) is 11.2 Å². The summed E-state index contributed by atoms with van der Waals surface area (Å²) in [5.41, 5.74) is 5.22. The summed E-state index contributed by atoms with van der Waals surface area (Å²) >= 11 is 12.5. The van der Waals surface area contributed by atoms with Crippen LogP contribution in [0.1, 0.15) is 26.0 Å². The summed E-state index contributed by atoms with van der Waals surface area (Å²) in [4.78, 5) is 2.37. The number of aromatic nitrogens is 2. The Morgan fingerprint density at radius 3 is 2.59 bits per heavy atom. The molecule has 0 aliphatic carbocycles. The molecule has 0 atom stereocenters. The van der Waals surface area contributed by atoms with Crippen molar-refractivity contribution in [1.82, 2.24) is 9.61 Å². The minimum atomic E-state index is 0.620. The standard InChI is InChI=1S/C21H25Cl2N3O/c1-4-11-25(12-13-27-3)21-18(5-2)24-26-19(7-6-8-20(21)26)16-10-9-15(22)14-17(16)23/h6-10,14H,4-5,11-13H2,1-3H3. The fourth-order valence-corrected chi connectivity index (χ4v) is 3.90. The predicted octanol–water partition coefficient (Wildman–Crippen LogP) is 5.73. The van der Waals surface area contributed by atoms with Crippen LogP contribution in [0.4, 0.5) is 5.69 Å². The van der Waals surface area contributed by atoms with Gasteiger partial charge in [0.1, 0.15) is 0 Å².